The van der Waals surface area contributed by atoms with Crippen molar-refractivity contribution in [2.75, 3.05) is 52.5 Å². The van der Waals surface area contributed by atoms with Gasteiger partial charge in [-0.3, -0.25) is 0 Å². The van der Waals surface area contributed by atoms with Gasteiger partial charge in [0.2, 0.25) is 11.8 Å². The molecular formula is C26H30F6N8O6. The van der Waals surface area contributed by atoms with Crippen molar-refractivity contribution in [3.63, 3.8) is 0 Å². The fourth-order valence-electron chi connectivity index (χ4n) is 3.79. The van der Waals surface area contributed by atoms with Gasteiger partial charge in [-0.25, -0.2) is 19.6 Å². The molecule has 14 nitrogen and oxygen atoms in total. The van der Waals surface area contributed by atoms with Gasteiger partial charge >= 0.3 is 24.3 Å². The second kappa shape index (κ2) is 16.5. The van der Waals surface area contributed by atoms with E-state index in [1.54, 1.807) is 0 Å². The molecule has 0 aliphatic carbocycles. The highest BCUT2D eigenvalue weighted by atomic mass is 19.4. The lowest BCUT2D eigenvalue weighted by atomic mass is 10.2. The standard InChI is InChI=1S/C26H30F6N8O6/c27-25(28,29)23(41)45-37-21(33)17-3-5-19(35-15-17)43-13-1-7-39-9-11-40(12-10-39)8-2-14-44-20-6-4-18(16-36-20)22(34)38-46-24(42)26(30,31)32/h3-6,15-16H,1-2,7-14H2,(H2,33,37)(H2,34,38). The Kier molecular flexibility index (Phi) is 12.9. The predicted molar refractivity (Wildman–Crippen MR) is 147 cm³/mol. The summed E-state index contributed by atoms with van der Waals surface area (Å²) in [5.41, 5.74) is 11.3. The van der Waals surface area contributed by atoms with Crippen LogP contribution < -0.4 is 20.9 Å². The van der Waals surface area contributed by atoms with Gasteiger partial charge in [0.15, 0.2) is 11.7 Å². The predicted octanol–water partition coefficient (Wildman–Crippen LogP) is 1.78. The van der Waals surface area contributed by atoms with Gasteiger partial charge in [0, 0.05) is 74.9 Å². The van der Waals surface area contributed by atoms with E-state index >= 15 is 0 Å². The number of rotatable bonds is 14. The van der Waals surface area contributed by atoms with E-state index in [1.165, 1.54) is 36.7 Å². The molecule has 1 aliphatic heterocycles. The number of hydrogen-bond donors (Lipinski definition) is 2. The molecule has 1 fully saturated rings. The molecule has 0 aromatic carbocycles. The number of aromatic nitrogens is 2. The van der Waals surface area contributed by atoms with Gasteiger partial charge in [0.25, 0.3) is 0 Å². The number of alkyl halides is 6. The van der Waals surface area contributed by atoms with Gasteiger partial charge in [-0.1, -0.05) is 10.3 Å². The van der Waals surface area contributed by atoms with Crippen molar-refractivity contribution in [3.05, 3.63) is 47.8 Å². The van der Waals surface area contributed by atoms with Crippen LogP contribution in [0.25, 0.3) is 0 Å². The first-order valence-electron chi connectivity index (χ1n) is 13.6. The molecule has 2 aromatic heterocycles. The maximum atomic E-state index is 12.2. The number of ether oxygens (including phenoxy) is 2. The van der Waals surface area contributed by atoms with Crippen molar-refractivity contribution < 1.29 is 55.1 Å². The van der Waals surface area contributed by atoms with Crippen molar-refractivity contribution >= 4 is 23.6 Å². The maximum Gasteiger partial charge on any atom is 0.493 e. The zero-order valence-corrected chi connectivity index (χ0v) is 24.1. The zero-order valence-electron chi connectivity index (χ0n) is 24.1. The van der Waals surface area contributed by atoms with Crippen LogP contribution >= 0.6 is 0 Å². The fraction of sp³-hybridized carbons (Fsp3) is 0.462. The fourth-order valence-corrected chi connectivity index (χ4v) is 3.79. The monoisotopic (exact) mass is 664 g/mol. The molecular weight excluding hydrogens is 634 g/mol. The molecule has 3 heterocycles. The Bertz CT molecular complexity index is 1250. The maximum absolute atomic E-state index is 12.2. The van der Waals surface area contributed by atoms with Crippen molar-refractivity contribution in [1.82, 2.24) is 19.8 Å². The third-order valence-corrected chi connectivity index (χ3v) is 6.18. The molecule has 2 aromatic rings. The molecule has 0 atom stereocenters. The molecule has 1 aliphatic rings. The average molecular weight is 665 g/mol. The minimum Gasteiger partial charge on any atom is -0.478 e. The summed E-state index contributed by atoms with van der Waals surface area (Å²) in [5, 5.41) is 5.93. The number of carbonyl (C=O) groups is 2. The topological polar surface area (TPSA) is 180 Å². The third kappa shape index (κ3) is 12.0. The quantitative estimate of drug-likeness (QED) is 0.0748. The van der Waals surface area contributed by atoms with E-state index in [4.69, 9.17) is 20.9 Å². The van der Waals surface area contributed by atoms with E-state index in [0.29, 0.717) is 13.2 Å². The smallest absolute Gasteiger partial charge is 0.478 e. The molecule has 4 N–H and O–H groups in total. The summed E-state index contributed by atoms with van der Waals surface area (Å²) in [7, 11) is 0. The number of nitrogens with zero attached hydrogens (tertiary/aromatic N) is 6. The third-order valence-electron chi connectivity index (χ3n) is 6.18. The van der Waals surface area contributed by atoms with Crippen molar-refractivity contribution in [2.45, 2.75) is 25.2 Å². The first kappa shape index (κ1) is 35.8. The van der Waals surface area contributed by atoms with Crippen LogP contribution in [0.4, 0.5) is 26.3 Å². The lowest BCUT2D eigenvalue weighted by Crippen LogP contribution is -2.47. The molecule has 0 radical (unpaired) electrons. The molecule has 0 saturated carbocycles. The van der Waals surface area contributed by atoms with Crippen LogP contribution in [0.3, 0.4) is 0 Å². The number of hydrogen-bond acceptors (Lipinski definition) is 12. The molecule has 20 heteroatoms. The molecule has 0 unspecified atom stereocenters. The minimum atomic E-state index is -5.19. The SMILES string of the molecule is N/C(=N\OC(=O)C(F)(F)F)c1ccc(OCCCN2CCN(CCCOc3ccc(/C(N)=N\OC(=O)C(F)(F)F)cn3)CC2)nc1. The molecule has 46 heavy (non-hydrogen) atoms. The Morgan fingerprint density at radius 1 is 0.696 bits per heavy atom. The number of piperazine rings is 1. The minimum absolute atomic E-state index is 0.147. The number of pyridine rings is 2. The zero-order chi connectivity index (χ0) is 33.7. The highest BCUT2D eigenvalue weighted by Gasteiger charge is 2.42. The van der Waals surface area contributed by atoms with E-state index in [9.17, 15) is 35.9 Å². The average Bonchev–Trinajstić information content (AvgIpc) is 3.02. The summed E-state index contributed by atoms with van der Waals surface area (Å²) >= 11 is 0. The number of oxime groups is 2. The van der Waals surface area contributed by atoms with E-state index in [0.717, 1.165) is 52.1 Å². The summed E-state index contributed by atoms with van der Waals surface area (Å²) in [4.78, 5) is 41.6. The van der Waals surface area contributed by atoms with Crippen LogP contribution in [0.2, 0.25) is 0 Å². The van der Waals surface area contributed by atoms with Crippen molar-refractivity contribution in [2.24, 2.45) is 21.8 Å². The lowest BCUT2D eigenvalue weighted by molar-refractivity contribution is -0.199. The van der Waals surface area contributed by atoms with Gasteiger partial charge in [-0.05, 0) is 25.0 Å². The molecule has 1 saturated heterocycles. The molecule has 252 valence electrons. The summed E-state index contributed by atoms with van der Waals surface area (Å²) in [6.45, 7) is 5.87. The van der Waals surface area contributed by atoms with Gasteiger partial charge < -0.3 is 40.4 Å². The van der Waals surface area contributed by atoms with E-state index in [1.807, 2.05) is 0 Å². The molecule has 0 amide bonds. The van der Waals surface area contributed by atoms with Gasteiger partial charge in [-0.2, -0.15) is 26.3 Å². The van der Waals surface area contributed by atoms with Crippen LogP contribution in [0.15, 0.2) is 47.0 Å². The van der Waals surface area contributed by atoms with Crippen LogP contribution in [-0.2, 0) is 19.3 Å². The molecule has 0 spiro atoms. The van der Waals surface area contributed by atoms with Crippen molar-refractivity contribution in [3.8, 4) is 11.8 Å². The number of carbonyl (C=O) groups excluding carboxylic acids is 2. The summed E-state index contributed by atoms with van der Waals surface area (Å²) in [6, 6.07) is 5.77. The second-order valence-corrected chi connectivity index (χ2v) is 9.56. The lowest BCUT2D eigenvalue weighted by Gasteiger charge is -2.34. The highest BCUT2D eigenvalue weighted by Crippen LogP contribution is 2.18. The number of amidine groups is 2. The number of halogens is 6. The number of nitrogens with two attached hydrogens (primary N) is 2. The largest absolute Gasteiger partial charge is 0.493 e. The molecule has 3 rings (SSSR count). The molecule has 0 bridgehead atoms. The summed E-state index contributed by atoms with van der Waals surface area (Å²) in [6.07, 6.45) is -6.45. The Morgan fingerprint density at radius 3 is 1.37 bits per heavy atom. The van der Waals surface area contributed by atoms with Gasteiger partial charge in [0.1, 0.15) is 0 Å². The Hall–Kier alpha value is -4.72. The van der Waals surface area contributed by atoms with Gasteiger partial charge in [-0.15, -0.1) is 0 Å². The summed E-state index contributed by atoms with van der Waals surface area (Å²) < 4.78 is 84.2. The van der Waals surface area contributed by atoms with Crippen LogP contribution in [0.5, 0.6) is 11.8 Å². The highest BCUT2D eigenvalue weighted by molar-refractivity contribution is 5.97. The Labute approximate surface area is 257 Å². The van der Waals surface area contributed by atoms with Gasteiger partial charge in [0.05, 0.1) is 13.2 Å². The van der Waals surface area contributed by atoms with Crippen LogP contribution in [-0.4, -0.2) is 108 Å². The summed E-state index contributed by atoms with van der Waals surface area (Å²) in [5.74, 6) is -5.31. The first-order chi connectivity index (χ1) is 21.7. The van der Waals surface area contributed by atoms with E-state index in [2.05, 4.69) is 39.8 Å². The normalized spacial score (nSPS) is 15.3. The first-order valence-corrected chi connectivity index (χ1v) is 13.6. The van der Waals surface area contributed by atoms with Crippen LogP contribution in [0, 0.1) is 0 Å². The van der Waals surface area contributed by atoms with E-state index in [-0.39, 0.29) is 22.9 Å². The van der Waals surface area contributed by atoms with E-state index < -0.39 is 36.0 Å². The van der Waals surface area contributed by atoms with Crippen molar-refractivity contribution in [1.29, 1.82) is 0 Å². The Morgan fingerprint density at radius 2 is 1.07 bits per heavy atom. The van der Waals surface area contributed by atoms with Crippen LogP contribution in [0.1, 0.15) is 24.0 Å². The Balaban J connectivity index is 1.26. The second-order valence-electron chi connectivity index (χ2n) is 9.56.